The van der Waals surface area contributed by atoms with E-state index in [2.05, 4.69) is 15.8 Å². The summed E-state index contributed by atoms with van der Waals surface area (Å²) in [5.74, 6) is -2.12. The van der Waals surface area contributed by atoms with Crippen LogP contribution in [0, 0.1) is 0 Å². The summed E-state index contributed by atoms with van der Waals surface area (Å²) in [6.45, 7) is 0. The van der Waals surface area contributed by atoms with Crippen LogP contribution in [0.25, 0.3) is 11.0 Å². The molecular weight excluding hydrogens is 426 g/mol. The summed E-state index contributed by atoms with van der Waals surface area (Å²) < 4.78 is 5.34. The fourth-order valence-electron chi connectivity index (χ4n) is 2.62. The molecule has 3 aromatic rings. The highest BCUT2D eigenvalue weighted by Gasteiger charge is 2.09. The summed E-state index contributed by atoms with van der Waals surface area (Å²) in [4.78, 5) is 47.2. The van der Waals surface area contributed by atoms with Gasteiger partial charge in [0.05, 0.1) is 22.7 Å². The van der Waals surface area contributed by atoms with Crippen LogP contribution in [0.15, 0.2) is 63.0 Å². The van der Waals surface area contributed by atoms with Crippen molar-refractivity contribution in [3.63, 3.8) is 0 Å². The van der Waals surface area contributed by atoms with Crippen molar-refractivity contribution in [3.8, 4) is 0 Å². The van der Waals surface area contributed by atoms with Crippen molar-refractivity contribution >= 4 is 52.3 Å². The number of nitrogens with one attached hydrogen (secondary N) is 2. The number of halogens is 1. The Kier molecular flexibility index (Phi) is 6.78. The highest BCUT2D eigenvalue weighted by atomic mass is 35.5. The van der Waals surface area contributed by atoms with Crippen molar-refractivity contribution in [2.75, 3.05) is 5.32 Å². The van der Waals surface area contributed by atoms with Crippen molar-refractivity contribution in [3.05, 3.63) is 75.1 Å². The number of fused-ring (bicyclic) bond motifs is 1. The zero-order valence-electron chi connectivity index (χ0n) is 15.9. The van der Waals surface area contributed by atoms with Gasteiger partial charge in [-0.1, -0.05) is 17.7 Å². The molecule has 2 aromatic carbocycles. The number of carboxylic acid groups (broad SMARTS) is 1. The Bertz CT molecular complexity index is 1250. The van der Waals surface area contributed by atoms with Crippen LogP contribution in [0.1, 0.15) is 28.8 Å². The van der Waals surface area contributed by atoms with E-state index in [9.17, 15) is 19.2 Å². The third-order valence-electron chi connectivity index (χ3n) is 4.13. The van der Waals surface area contributed by atoms with E-state index in [0.29, 0.717) is 16.3 Å². The van der Waals surface area contributed by atoms with Crippen molar-refractivity contribution in [2.24, 2.45) is 5.10 Å². The largest absolute Gasteiger partial charge is 0.478 e. The van der Waals surface area contributed by atoms with Crippen molar-refractivity contribution in [1.29, 1.82) is 0 Å². The first-order valence-electron chi connectivity index (χ1n) is 8.99. The number of hydrazone groups is 1. The zero-order valence-corrected chi connectivity index (χ0v) is 16.7. The minimum Gasteiger partial charge on any atom is -0.478 e. The molecule has 0 aliphatic carbocycles. The molecule has 3 rings (SSSR count). The van der Waals surface area contributed by atoms with E-state index in [1.165, 1.54) is 36.6 Å². The molecule has 10 heteroatoms. The second-order valence-electron chi connectivity index (χ2n) is 6.39. The van der Waals surface area contributed by atoms with Crippen LogP contribution in [0.4, 0.5) is 5.69 Å². The molecule has 9 nitrogen and oxygen atoms in total. The molecule has 0 atom stereocenters. The number of hydrogen-bond acceptors (Lipinski definition) is 6. The monoisotopic (exact) mass is 441 g/mol. The molecule has 2 amide bonds. The molecule has 0 saturated carbocycles. The lowest BCUT2D eigenvalue weighted by Gasteiger charge is -2.05. The molecule has 0 aliphatic rings. The molecule has 0 radical (unpaired) electrons. The third-order valence-corrected chi connectivity index (χ3v) is 4.36. The summed E-state index contributed by atoms with van der Waals surface area (Å²) in [6, 6.07) is 10.4. The number of aromatic carboxylic acids is 1. The Hall–Kier alpha value is -3.98. The van der Waals surface area contributed by atoms with E-state index in [1.54, 1.807) is 12.1 Å². The average molecular weight is 442 g/mol. The van der Waals surface area contributed by atoms with Crippen LogP contribution < -0.4 is 16.2 Å². The van der Waals surface area contributed by atoms with E-state index in [4.69, 9.17) is 21.1 Å². The Balaban J connectivity index is 1.53. The van der Waals surface area contributed by atoms with Crippen LogP contribution >= 0.6 is 11.6 Å². The summed E-state index contributed by atoms with van der Waals surface area (Å²) >= 11 is 5.89. The Morgan fingerprint density at radius 1 is 1.10 bits per heavy atom. The Morgan fingerprint density at radius 3 is 2.65 bits per heavy atom. The van der Waals surface area contributed by atoms with Gasteiger partial charge in [0.2, 0.25) is 17.2 Å². The molecule has 0 spiro atoms. The molecule has 31 heavy (non-hydrogen) atoms. The molecule has 0 aliphatic heterocycles. The van der Waals surface area contributed by atoms with Gasteiger partial charge < -0.3 is 14.8 Å². The lowest BCUT2D eigenvalue weighted by molar-refractivity contribution is -0.124. The topological polar surface area (TPSA) is 138 Å². The van der Waals surface area contributed by atoms with Gasteiger partial charge in [-0.3, -0.25) is 14.4 Å². The maximum atomic E-state index is 12.4. The van der Waals surface area contributed by atoms with Gasteiger partial charge in [0.25, 0.3) is 0 Å². The molecular formula is C21H16ClN3O6. The number of anilines is 1. The molecule has 0 fully saturated rings. The average Bonchev–Trinajstić information content (AvgIpc) is 2.74. The van der Waals surface area contributed by atoms with Crippen LogP contribution in [0.3, 0.4) is 0 Å². The van der Waals surface area contributed by atoms with E-state index in [1.807, 2.05) is 0 Å². The van der Waals surface area contributed by atoms with Crippen molar-refractivity contribution in [1.82, 2.24) is 5.43 Å². The second-order valence-corrected chi connectivity index (χ2v) is 6.82. The number of carboxylic acids is 1. The number of benzene rings is 2. The maximum absolute atomic E-state index is 12.4. The fraction of sp³-hybridized carbons (Fsp3) is 0.0952. The van der Waals surface area contributed by atoms with Gasteiger partial charge in [0, 0.05) is 23.6 Å². The number of amides is 2. The second kappa shape index (κ2) is 9.68. The lowest BCUT2D eigenvalue weighted by atomic mass is 10.2. The summed E-state index contributed by atoms with van der Waals surface area (Å²) in [7, 11) is 0. The molecule has 1 heterocycles. The number of carbonyl (C=O) groups excluding carboxylic acids is 2. The van der Waals surface area contributed by atoms with Gasteiger partial charge in [-0.05, 0) is 36.4 Å². The number of rotatable bonds is 7. The van der Waals surface area contributed by atoms with Gasteiger partial charge in [-0.2, -0.15) is 5.10 Å². The smallest absolute Gasteiger partial charge is 0.335 e. The van der Waals surface area contributed by atoms with Gasteiger partial charge in [0.15, 0.2) is 0 Å². The zero-order chi connectivity index (χ0) is 22.4. The molecule has 1 aromatic heterocycles. The van der Waals surface area contributed by atoms with Crippen LogP contribution in [-0.2, 0) is 9.59 Å². The number of nitrogens with zero attached hydrogens (tertiary/aromatic N) is 1. The predicted molar refractivity (Wildman–Crippen MR) is 114 cm³/mol. The van der Waals surface area contributed by atoms with Crippen LogP contribution in [0.5, 0.6) is 0 Å². The Morgan fingerprint density at radius 2 is 1.87 bits per heavy atom. The minimum absolute atomic E-state index is 0.0327. The van der Waals surface area contributed by atoms with Crippen molar-refractivity contribution in [2.45, 2.75) is 12.8 Å². The summed E-state index contributed by atoms with van der Waals surface area (Å²) in [5, 5.41) is 15.9. The van der Waals surface area contributed by atoms with Gasteiger partial charge in [-0.15, -0.1) is 0 Å². The summed E-state index contributed by atoms with van der Waals surface area (Å²) in [6.07, 6.45) is 2.05. The lowest BCUT2D eigenvalue weighted by Crippen LogP contribution is -2.21. The molecule has 158 valence electrons. The predicted octanol–water partition coefficient (Wildman–Crippen LogP) is 3.01. The highest BCUT2D eigenvalue weighted by molar-refractivity contribution is 6.31. The SMILES string of the molecule is O=C(CCC(=O)Nc1cccc(C(=O)O)c1)N/N=C/c1coc2ccc(Cl)cc2c1=O. The molecule has 3 N–H and O–H groups in total. The van der Waals surface area contributed by atoms with Gasteiger partial charge in [0.1, 0.15) is 11.8 Å². The number of hydrogen-bond donors (Lipinski definition) is 3. The first-order chi connectivity index (χ1) is 14.8. The fourth-order valence-corrected chi connectivity index (χ4v) is 2.79. The maximum Gasteiger partial charge on any atom is 0.335 e. The van der Waals surface area contributed by atoms with Crippen LogP contribution in [-0.4, -0.2) is 29.1 Å². The van der Waals surface area contributed by atoms with Crippen molar-refractivity contribution < 1.29 is 23.9 Å². The molecule has 0 saturated heterocycles. The Labute approximate surface area is 180 Å². The van der Waals surface area contributed by atoms with Gasteiger partial charge in [-0.25, -0.2) is 10.2 Å². The van der Waals surface area contributed by atoms with E-state index >= 15 is 0 Å². The van der Waals surface area contributed by atoms with E-state index in [-0.39, 0.29) is 34.8 Å². The van der Waals surface area contributed by atoms with Gasteiger partial charge >= 0.3 is 5.97 Å². The highest BCUT2D eigenvalue weighted by Crippen LogP contribution is 2.16. The molecule has 0 unspecified atom stereocenters. The standard InChI is InChI=1S/C21H16ClN3O6/c22-14-4-5-17-16(9-14)20(28)13(11-31-17)10-23-25-19(27)7-6-18(26)24-15-3-1-2-12(8-15)21(29)30/h1-5,8-11H,6-7H2,(H,24,26)(H,25,27)(H,29,30)/b23-10+. The first-order valence-corrected chi connectivity index (χ1v) is 9.37. The third kappa shape index (κ3) is 5.77. The minimum atomic E-state index is -1.11. The van der Waals surface area contributed by atoms with E-state index < -0.39 is 17.8 Å². The molecule has 0 bridgehead atoms. The van der Waals surface area contributed by atoms with E-state index in [0.717, 1.165) is 6.21 Å². The normalized spacial score (nSPS) is 10.9. The first kappa shape index (κ1) is 21.7. The van der Waals surface area contributed by atoms with Crippen LogP contribution in [0.2, 0.25) is 5.02 Å². The number of carbonyl (C=O) groups is 3. The quantitative estimate of drug-likeness (QED) is 0.380. The summed E-state index contributed by atoms with van der Waals surface area (Å²) in [5.41, 5.74) is 2.70.